The van der Waals surface area contributed by atoms with Crippen LogP contribution in [0.25, 0.3) is 22.3 Å². The third-order valence-electron chi connectivity index (χ3n) is 4.75. The largest absolute Gasteiger partial charge is 0.507 e. The first-order valence-electron chi connectivity index (χ1n) is 8.73. The topological polar surface area (TPSA) is 58.0 Å². The molecule has 4 rings (SSSR count). The highest BCUT2D eigenvalue weighted by molar-refractivity contribution is 5.91. The molecular formula is C20H20FN3O. The molecule has 1 heterocycles. The molecule has 0 bridgehead atoms. The molecule has 128 valence electrons. The number of benzene rings is 2. The van der Waals surface area contributed by atoms with Crippen LogP contribution in [0.2, 0.25) is 0 Å². The molecule has 1 aromatic heterocycles. The number of fused-ring (bicyclic) bond motifs is 1. The quantitative estimate of drug-likeness (QED) is 0.715. The molecule has 1 fully saturated rings. The van der Waals surface area contributed by atoms with Gasteiger partial charge in [0.05, 0.1) is 11.1 Å². The van der Waals surface area contributed by atoms with E-state index in [0.29, 0.717) is 34.2 Å². The van der Waals surface area contributed by atoms with Crippen molar-refractivity contribution < 1.29 is 9.50 Å². The van der Waals surface area contributed by atoms with Crippen molar-refractivity contribution in [2.75, 3.05) is 5.32 Å². The Bertz CT molecular complexity index is 907. The summed E-state index contributed by atoms with van der Waals surface area (Å²) in [6.07, 6.45) is 5.84. The van der Waals surface area contributed by atoms with Crippen LogP contribution in [0.5, 0.6) is 5.75 Å². The summed E-state index contributed by atoms with van der Waals surface area (Å²) in [5, 5.41) is 14.3. The van der Waals surface area contributed by atoms with Gasteiger partial charge in [-0.3, -0.25) is 0 Å². The Morgan fingerprint density at radius 1 is 1.00 bits per heavy atom. The van der Waals surface area contributed by atoms with Gasteiger partial charge < -0.3 is 10.4 Å². The SMILES string of the molecule is Oc1ccccc1-c1nc(NC2CCCCC2)c2cc(F)ccc2n1. The summed E-state index contributed by atoms with van der Waals surface area (Å²) < 4.78 is 13.8. The van der Waals surface area contributed by atoms with Gasteiger partial charge in [0.2, 0.25) is 0 Å². The van der Waals surface area contributed by atoms with Gasteiger partial charge in [-0.2, -0.15) is 0 Å². The van der Waals surface area contributed by atoms with Gasteiger partial charge in [0.25, 0.3) is 0 Å². The molecule has 2 N–H and O–H groups in total. The average molecular weight is 337 g/mol. The molecular weight excluding hydrogens is 317 g/mol. The molecule has 0 atom stereocenters. The summed E-state index contributed by atoms with van der Waals surface area (Å²) in [5.41, 5.74) is 1.23. The summed E-state index contributed by atoms with van der Waals surface area (Å²) in [5.74, 6) is 0.899. The number of hydrogen-bond acceptors (Lipinski definition) is 4. The maximum atomic E-state index is 13.8. The highest BCUT2D eigenvalue weighted by Gasteiger charge is 2.17. The number of phenolic OH excluding ortho intramolecular Hbond substituents is 1. The van der Waals surface area contributed by atoms with Crippen molar-refractivity contribution in [1.82, 2.24) is 9.97 Å². The van der Waals surface area contributed by atoms with Crippen LogP contribution in [-0.2, 0) is 0 Å². The standard InChI is InChI=1S/C20H20FN3O/c21-13-10-11-17-16(12-13)20(22-14-6-2-1-3-7-14)24-19(23-17)15-8-4-5-9-18(15)25/h4-5,8-12,14,25H,1-3,6-7H2,(H,22,23,24). The highest BCUT2D eigenvalue weighted by Crippen LogP contribution is 2.31. The van der Waals surface area contributed by atoms with E-state index in [9.17, 15) is 9.50 Å². The van der Waals surface area contributed by atoms with Crippen molar-refractivity contribution in [3.05, 3.63) is 48.3 Å². The lowest BCUT2D eigenvalue weighted by Crippen LogP contribution is -2.23. The number of phenols is 1. The third-order valence-corrected chi connectivity index (χ3v) is 4.75. The van der Waals surface area contributed by atoms with Gasteiger partial charge in [0, 0.05) is 11.4 Å². The molecule has 5 heteroatoms. The van der Waals surface area contributed by atoms with Crippen LogP contribution in [0.3, 0.4) is 0 Å². The zero-order chi connectivity index (χ0) is 17.2. The second kappa shape index (κ2) is 6.67. The van der Waals surface area contributed by atoms with Gasteiger partial charge in [-0.05, 0) is 43.2 Å². The predicted molar refractivity (Wildman–Crippen MR) is 97.1 cm³/mol. The predicted octanol–water partition coefficient (Wildman–Crippen LogP) is 4.89. The van der Waals surface area contributed by atoms with Crippen LogP contribution in [0, 0.1) is 5.82 Å². The summed E-state index contributed by atoms with van der Waals surface area (Å²) in [4.78, 5) is 9.14. The van der Waals surface area contributed by atoms with Crippen molar-refractivity contribution in [1.29, 1.82) is 0 Å². The van der Waals surface area contributed by atoms with Gasteiger partial charge in [-0.25, -0.2) is 14.4 Å². The van der Waals surface area contributed by atoms with Crippen molar-refractivity contribution in [2.24, 2.45) is 0 Å². The van der Waals surface area contributed by atoms with Crippen LogP contribution >= 0.6 is 0 Å². The molecule has 2 aromatic carbocycles. The Hall–Kier alpha value is -2.69. The van der Waals surface area contributed by atoms with Crippen molar-refractivity contribution >= 4 is 16.7 Å². The zero-order valence-electron chi connectivity index (χ0n) is 13.9. The summed E-state index contributed by atoms with van der Waals surface area (Å²) in [6.45, 7) is 0. The Balaban J connectivity index is 1.83. The van der Waals surface area contributed by atoms with Crippen molar-refractivity contribution in [2.45, 2.75) is 38.1 Å². The Labute approximate surface area is 145 Å². The second-order valence-corrected chi connectivity index (χ2v) is 6.55. The van der Waals surface area contributed by atoms with Gasteiger partial charge in [-0.15, -0.1) is 0 Å². The van der Waals surface area contributed by atoms with Gasteiger partial charge in [0.15, 0.2) is 5.82 Å². The maximum Gasteiger partial charge on any atom is 0.165 e. The first-order chi connectivity index (χ1) is 12.2. The molecule has 0 saturated heterocycles. The van der Waals surface area contributed by atoms with Gasteiger partial charge in [-0.1, -0.05) is 31.4 Å². The van der Waals surface area contributed by atoms with Crippen molar-refractivity contribution in [3.63, 3.8) is 0 Å². The molecule has 0 unspecified atom stereocenters. The fraction of sp³-hybridized carbons (Fsp3) is 0.300. The number of aromatic nitrogens is 2. The molecule has 1 aliphatic rings. The van der Waals surface area contributed by atoms with E-state index in [4.69, 9.17) is 0 Å². The number of rotatable bonds is 3. The van der Waals surface area contributed by atoms with Crippen molar-refractivity contribution in [3.8, 4) is 17.1 Å². The molecule has 0 amide bonds. The van der Waals surface area contributed by atoms with E-state index in [1.165, 1.54) is 31.4 Å². The Kier molecular flexibility index (Phi) is 4.22. The van der Waals surface area contributed by atoms with E-state index in [1.807, 2.05) is 6.07 Å². The minimum Gasteiger partial charge on any atom is -0.507 e. The number of hydrogen-bond donors (Lipinski definition) is 2. The first-order valence-corrected chi connectivity index (χ1v) is 8.73. The van der Waals surface area contributed by atoms with E-state index < -0.39 is 0 Å². The number of aromatic hydroxyl groups is 1. The monoisotopic (exact) mass is 337 g/mol. The molecule has 4 nitrogen and oxygen atoms in total. The highest BCUT2D eigenvalue weighted by atomic mass is 19.1. The van der Waals surface area contributed by atoms with E-state index in [2.05, 4.69) is 15.3 Å². The summed E-state index contributed by atoms with van der Waals surface area (Å²) >= 11 is 0. The lowest BCUT2D eigenvalue weighted by Gasteiger charge is -2.24. The van der Waals surface area contributed by atoms with Gasteiger partial charge >= 0.3 is 0 Å². The molecule has 1 aliphatic carbocycles. The second-order valence-electron chi connectivity index (χ2n) is 6.55. The normalized spacial score (nSPS) is 15.4. The fourth-order valence-corrected chi connectivity index (χ4v) is 3.43. The molecule has 25 heavy (non-hydrogen) atoms. The lowest BCUT2D eigenvalue weighted by molar-refractivity contribution is 0.462. The number of halogens is 1. The molecule has 0 aliphatic heterocycles. The van der Waals surface area contributed by atoms with Crippen LogP contribution in [0.15, 0.2) is 42.5 Å². The number of para-hydroxylation sites is 1. The van der Waals surface area contributed by atoms with Crippen LogP contribution < -0.4 is 5.32 Å². The molecule has 0 spiro atoms. The zero-order valence-corrected chi connectivity index (χ0v) is 13.9. The minimum absolute atomic E-state index is 0.132. The summed E-state index contributed by atoms with van der Waals surface area (Å²) in [7, 11) is 0. The summed E-state index contributed by atoms with van der Waals surface area (Å²) in [6, 6.07) is 11.8. The van der Waals surface area contributed by atoms with E-state index in [1.54, 1.807) is 24.3 Å². The Morgan fingerprint density at radius 2 is 1.80 bits per heavy atom. The van der Waals surface area contributed by atoms with E-state index in [0.717, 1.165) is 12.8 Å². The third kappa shape index (κ3) is 3.27. The van der Waals surface area contributed by atoms with E-state index in [-0.39, 0.29) is 11.6 Å². The number of nitrogens with zero attached hydrogens (tertiary/aromatic N) is 2. The average Bonchev–Trinajstić information content (AvgIpc) is 2.63. The Morgan fingerprint density at radius 3 is 2.60 bits per heavy atom. The lowest BCUT2D eigenvalue weighted by atomic mass is 9.95. The number of nitrogens with one attached hydrogen (secondary N) is 1. The molecule has 1 saturated carbocycles. The molecule has 3 aromatic rings. The first kappa shape index (κ1) is 15.8. The number of anilines is 1. The van der Waals surface area contributed by atoms with Crippen LogP contribution in [-0.4, -0.2) is 21.1 Å². The van der Waals surface area contributed by atoms with E-state index >= 15 is 0 Å². The molecule has 0 radical (unpaired) electrons. The van der Waals surface area contributed by atoms with Crippen LogP contribution in [0.4, 0.5) is 10.2 Å². The maximum absolute atomic E-state index is 13.8. The van der Waals surface area contributed by atoms with Gasteiger partial charge in [0.1, 0.15) is 17.4 Å². The smallest absolute Gasteiger partial charge is 0.165 e. The fourth-order valence-electron chi connectivity index (χ4n) is 3.43. The minimum atomic E-state index is -0.307. The van der Waals surface area contributed by atoms with Crippen LogP contribution in [0.1, 0.15) is 32.1 Å².